The second kappa shape index (κ2) is 7.18. The Balaban J connectivity index is 1.61. The molecule has 1 aliphatic heterocycles. The molecule has 0 amide bonds. The summed E-state index contributed by atoms with van der Waals surface area (Å²) < 4.78 is 1.59. The predicted molar refractivity (Wildman–Crippen MR) is 93.1 cm³/mol. The number of nitrogens with one attached hydrogen (secondary N) is 1. The molecular formula is C17H24N6O2. The van der Waals surface area contributed by atoms with Gasteiger partial charge in [-0.3, -0.25) is 9.58 Å². The third-order valence-corrected chi connectivity index (χ3v) is 4.55. The van der Waals surface area contributed by atoms with E-state index in [2.05, 4.69) is 25.3 Å². The maximum Gasteiger partial charge on any atom is 0.331 e. The van der Waals surface area contributed by atoms with Crippen LogP contribution in [-0.2, 0) is 16.9 Å². The Hall–Kier alpha value is -2.48. The van der Waals surface area contributed by atoms with Gasteiger partial charge in [-0.2, -0.15) is 5.10 Å². The van der Waals surface area contributed by atoms with Gasteiger partial charge in [-0.15, -0.1) is 0 Å². The molecule has 0 radical (unpaired) electrons. The highest BCUT2D eigenvalue weighted by molar-refractivity contribution is 5.76. The Labute approximate surface area is 146 Å². The molecule has 0 aliphatic carbocycles. The van der Waals surface area contributed by atoms with Crippen LogP contribution < -0.4 is 5.32 Å². The van der Waals surface area contributed by atoms with E-state index in [1.165, 1.54) is 0 Å². The number of aliphatic carboxylic acids is 1. The van der Waals surface area contributed by atoms with Crippen molar-refractivity contribution in [2.24, 2.45) is 0 Å². The van der Waals surface area contributed by atoms with Gasteiger partial charge in [0.2, 0.25) is 5.95 Å². The number of anilines is 1. The zero-order valence-corrected chi connectivity index (χ0v) is 14.6. The second-order valence-electron chi connectivity index (χ2n) is 6.78. The molecule has 3 heterocycles. The van der Waals surface area contributed by atoms with E-state index in [-0.39, 0.29) is 0 Å². The van der Waals surface area contributed by atoms with Gasteiger partial charge in [0, 0.05) is 56.0 Å². The molecule has 2 aromatic heterocycles. The Morgan fingerprint density at radius 1 is 1.32 bits per heavy atom. The molecule has 1 aliphatic rings. The summed E-state index contributed by atoms with van der Waals surface area (Å²) in [5.74, 6) is -0.190. The molecule has 8 heteroatoms. The van der Waals surface area contributed by atoms with Gasteiger partial charge < -0.3 is 10.4 Å². The molecule has 134 valence electrons. The van der Waals surface area contributed by atoms with Crippen molar-refractivity contribution in [3.63, 3.8) is 0 Å². The van der Waals surface area contributed by atoms with Crippen LogP contribution in [0.4, 0.5) is 5.95 Å². The summed E-state index contributed by atoms with van der Waals surface area (Å²) in [5, 5.41) is 17.1. The molecule has 0 atom stereocenters. The standard InChI is InChI=1S/C17H24N6O2/c1-13(2)21-16-18-10-14(11-19-16)12-22-8-4-17(5-9-22,15(24)25)23-7-3-6-20-23/h3,6-7,10-11,13H,4-5,8-9,12H2,1-2H3,(H,24,25)(H,18,19,21). The smallest absolute Gasteiger partial charge is 0.331 e. The summed E-state index contributed by atoms with van der Waals surface area (Å²) in [6, 6.07) is 2.06. The molecule has 0 spiro atoms. The first-order valence-corrected chi connectivity index (χ1v) is 8.53. The van der Waals surface area contributed by atoms with E-state index in [0.717, 1.165) is 12.1 Å². The largest absolute Gasteiger partial charge is 0.479 e. The number of carboxylic acids is 1. The first-order valence-electron chi connectivity index (χ1n) is 8.53. The number of likely N-dealkylation sites (tertiary alicyclic amines) is 1. The summed E-state index contributed by atoms with van der Waals surface area (Å²) in [6.45, 7) is 6.19. The lowest BCUT2D eigenvalue weighted by Crippen LogP contribution is -2.51. The van der Waals surface area contributed by atoms with Crippen molar-refractivity contribution < 1.29 is 9.90 Å². The van der Waals surface area contributed by atoms with Crippen molar-refractivity contribution in [3.05, 3.63) is 36.4 Å². The molecule has 0 aromatic carbocycles. The number of hydrogen-bond acceptors (Lipinski definition) is 6. The minimum absolute atomic E-state index is 0.291. The van der Waals surface area contributed by atoms with Crippen LogP contribution in [-0.4, -0.2) is 54.9 Å². The lowest BCUT2D eigenvalue weighted by Gasteiger charge is -2.38. The maximum absolute atomic E-state index is 11.9. The summed E-state index contributed by atoms with van der Waals surface area (Å²) in [5.41, 5.74) is 0.0814. The van der Waals surface area contributed by atoms with Gasteiger partial charge in [-0.1, -0.05) is 0 Å². The summed E-state index contributed by atoms with van der Waals surface area (Å²) >= 11 is 0. The van der Waals surface area contributed by atoms with Crippen LogP contribution in [0.2, 0.25) is 0 Å². The van der Waals surface area contributed by atoms with Crippen LogP contribution in [0.15, 0.2) is 30.9 Å². The lowest BCUT2D eigenvalue weighted by molar-refractivity contribution is -0.151. The Morgan fingerprint density at radius 2 is 2.00 bits per heavy atom. The number of aromatic nitrogens is 4. The summed E-state index contributed by atoms with van der Waals surface area (Å²) in [7, 11) is 0. The molecule has 8 nitrogen and oxygen atoms in total. The average molecular weight is 344 g/mol. The van der Waals surface area contributed by atoms with E-state index < -0.39 is 11.5 Å². The molecule has 0 unspecified atom stereocenters. The SMILES string of the molecule is CC(C)Nc1ncc(CN2CCC(C(=O)O)(n3cccn3)CC2)cn1. The molecule has 2 N–H and O–H groups in total. The van der Waals surface area contributed by atoms with Crippen molar-refractivity contribution in [3.8, 4) is 0 Å². The number of hydrogen-bond donors (Lipinski definition) is 2. The van der Waals surface area contributed by atoms with Crippen LogP contribution in [0.1, 0.15) is 32.3 Å². The van der Waals surface area contributed by atoms with Gasteiger partial charge >= 0.3 is 5.97 Å². The van der Waals surface area contributed by atoms with E-state index in [0.29, 0.717) is 37.9 Å². The fraction of sp³-hybridized carbons (Fsp3) is 0.529. The van der Waals surface area contributed by atoms with Gasteiger partial charge in [-0.25, -0.2) is 14.8 Å². The molecule has 0 bridgehead atoms. The van der Waals surface area contributed by atoms with Crippen LogP contribution in [0, 0.1) is 0 Å². The van der Waals surface area contributed by atoms with Gasteiger partial charge in [0.1, 0.15) is 0 Å². The van der Waals surface area contributed by atoms with Crippen LogP contribution >= 0.6 is 0 Å². The van der Waals surface area contributed by atoms with E-state index in [4.69, 9.17) is 0 Å². The third-order valence-electron chi connectivity index (χ3n) is 4.55. The molecule has 2 aromatic rings. The summed E-state index contributed by atoms with van der Waals surface area (Å²) in [4.78, 5) is 22.7. The van der Waals surface area contributed by atoms with Crippen LogP contribution in [0.25, 0.3) is 0 Å². The van der Waals surface area contributed by atoms with Crippen LogP contribution in [0.3, 0.4) is 0 Å². The third kappa shape index (κ3) is 3.79. The van der Waals surface area contributed by atoms with Gasteiger partial charge in [-0.05, 0) is 32.8 Å². The number of carboxylic acid groups (broad SMARTS) is 1. The first-order chi connectivity index (χ1) is 12.0. The van der Waals surface area contributed by atoms with Crippen molar-refractivity contribution in [1.82, 2.24) is 24.6 Å². The molecule has 1 fully saturated rings. The van der Waals surface area contributed by atoms with Crippen LogP contribution in [0.5, 0.6) is 0 Å². The fourth-order valence-corrected chi connectivity index (χ4v) is 3.17. The molecular weight excluding hydrogens is 320 g/mol. The monoisotopic (exact) mass is 344 g/mol. The molecule has 1 saturated heterocycles. The molecule has 25 heavy (non-hydrogen) atoms. The molecule has 0 saturated carbocycles. The minimum Gasteiger partial charge on any atom is -0.479 e. The highest BCUT2D eigenvalue weighted by Gasteiger charge is 2.43. The predicted octanol–water partition coefficient (Wildman–Crippen LogP) is 1.57. The number of piperidine rings is 1. The Kier molecular flexibility index (Phi) is 4.98. The van der Waals surface area contributed by atoms with Gasteiger partial charge in [0.25, 0.3) is 0 Å². The van der Waals surface area contributed by atoms with Gasteiger partial charge in [0.15, 0.2) is 5.54 Å². The lowest BCUT2D eigenvalue weighted by atomic mass is 9.87. The normalized spacial score (nSPS) is 17.6. The highest BCUT2D eigenvalue weighted by atomic mass is 16.4. The Bertz CT molecular complexity index is 690. The van der Waals surface area contributed by atoms with E-state index in [1.54, 1.807) is 23.1 Å². The topological polar surface area (TPSA) is 96.2 Å². The second-order valence-corrected chi connectivity index (χ2v) is 6.78. The van der Waals surface area contributed by atoms with E-state index >= 15 is 0 Å². The number of carbonyl (C=O) groups is 1. The van der Waals surface area contributed by atoms with Crippen molar-refractivity contribution >= 4 is 11.9 Å². The van der Waals surface area contributed by atoms with Crippen molar-refractivity contribution in [2.45, 2.75) is 44.8 Å². The minimum atomic E-state index is -0.943. The number of nitrogens with zero attached hydrogens (tertiary/aromatic N) is 5. The zero-order valence-electron chi connectivity index (χ0n) is 14.6. The molecule has 3 rings (SSSR count). The quantitative estimate of drug-likeness (QED) is 0.821. The average Bonchev–Trinajstić information content (AvgIpc) is 3.12. The van der Waals surface area contributed by atoms with E-state index in [1.807, 2.05) is 26.2 Å². The Morgan fingerprint density at radius 3 is 2.52 bits per heavy atom. The van der Waals surface area contributed by atoms with Gasteiger partial charge in [0.05, 0.1) is 0 Å². The van der Waals surface area contributed by atoms with E-state index in [9.17, 15) is 9.90 Å². The number of rotatable bonds is 6. The maximum atomic E-state index is 11.9. The highest BCUT2D eigenvalue weighted by Crippen LogP contribution is 2.30. The zero-order chi connectivity index (χ0) is 17.9. The first kappa shape index (κ1) is 17.3. The summed E-state index contributed by atoms with van der Waals surface area (Å²) in [6.07, 6.45) is 8.06. The van der Waals surface area contributed by atoms with Crippen molar-refractivity contribution in [1.29, 1.82) is 0 Å². The van der Waals surface area contributed by atoms with Crippen molar-refractivity contribution in [2.75, 3.05) is 18.4 Å². The fourth-order valence-electron chi connectivity index (χ4n) is 3.17.